The molecule has 2 amide bonds. The number of furan rings is 1. The van der Waals surface area contributed by atoms with Crippen LogP contribution in [0.25, 0.3) is 0 Å². The van der Waals surface area contributed by atoms with Crippen molar-refractivity contribution in [3.05, 3.63) is 83.8 Å². The van der Waals surface area contributed by atoms with E-state index >= 15 is 0 Å². The van der Waals surface area contributed by atoms with E-state index in [1.54, 1.807) is 43.7 Å². The van der Waals surface area contributed by atoms with Gasteiger partial charge < -0.3 is 24.7 Å². The lowest BCUT2D eigenvalue weighted by Gasteiger charge is -2.35. The predicted octanol–water partition coefficient (Wildman–Crippen LogP) is 3.62. The molecule has 0 atom stereocenters. The molecule has 166 valence electrons. The smallest absolute Gasteiger partial charge is 0.253 e. The summed E-state index contributed by atoms with van der Waals surface area (Å²) in [5.74, 6) is 1.22. The SMILES string of the molecule is COc1ccc(C(=O)NC2CCN(c3ccccc3C(=O)NCc3ccco3)CC2)cc1. The average Bonchev–Trinajstić information content (AvgIpc) is 3.37. The number of carbonyl (C=O) groups is 2. The summed E-state index contributed by atoms with van der Waals surface area (Å²) in [5, 5.41) is 6.04. The summed E-state index contributed by atoms with van der Waals surface area (Å²) in [6.45, 7) is 1.87. The van der Waals surface area contributed by atoms with E-state index in [1.165, 1.54) is 0 Å². The third-order valence-electron chi connectivity index (χ3n) is 5.68. The van der Waals surface area contributed by atoms with Gasteiger partial charge in [0.05, 0.1) is 25.5 Å². The van der Waals surface area contributed by atoms with Gasteiger partial charge in [0.15, 0.2) is 0 Å². The van der Waals surface area contributed by atoms with Crippen molar-refractivity contribution >= 4 is 17.5 Å². The van der Waals surface area contributed by atoms with Crippen molar-refractivity contribution < 1.29 is 18.7 Å². The molecule has 4 rings (SSSR count). The maximum atomic E-state index is 12.8. The Balaban J connectivity index is 1.33. The van der Waals surface area contributed by atoms with Crippen molar-refractivity contribution in [1.29, 1.82) is 0 Å². The number of ether oxygens (including phenoxy) is 1. The van der Waals surface area contributed by atoms with E-state index in [2.05, 4.69) is 15.5 Å². The van der Waals surface area contributed by atoms with E-state index in [-0.39, 0.29) is 17.9 Å². The summed E-state index contributed by atoms with van der Waals surface area (Å²) in [6, 6.07) is 18.4. The molecule has 2 N–H and O–H groups in total. The Labute approximate surface area is 187 Å². The molecule has 3 aromatic rings. The van der Waals surface area contributed by atoms with Gasteiger partial charge in [-0.15, -0.1) is 0 Å². The van der Waals surface area contributed by atoms with Crippen LogP contribution in [0.4, 0.5) is 5.69 Å². The second-order valence-corrected chi connectivity index (χ2v) is 7.74. The molecule has 1 fully saturated rings. The lowest BCUT2D eigenvalue weighted by Crippen LogP contribution is -2.45. The minimum atomic E-state index is -0.132. The van der Waals surface area contributed by atoms with Gasteiger partial charge in [-0.05, 0) is 61.4 Å². The van der Waals surface area contributed by atoms with E-state index < -0.39 is 0 Å². The zero-order chi connectivity index (χ0) is 22.3. The van der Waals surface area contributed by atoms with E-state index in [1.807, 2.05) is 30.3 Å². The van der Waals surface area contributed by atoms with Gasteiger partial charge in [-0.2, -0.15) is 0 Å². The van der Waals surface area contributed by atoms with Gasteiger partial charge in [-0.25, -0.2) is 0 Å². The zero-order valence-corrected chi connectivity index (χ0v) is 18.0. The van der Waals surface area contributed by atoms with Crippen molar-refractivity contribution in [1.82, 2.24) is 10.6 Å². The monoisotopic (exact) mass is 433 g/mol. The minimum absolute atomic E-state index is 0.0798. The first-order chi connectivity index (χ1) is 15.6. The maximum Gasteiger partial charge on any atom is 0.253 e. The van der Waals surface area contributed by atoms with E-state index in [0.29, 0.717) is 23.4 Å². The van der Waals surface area contributed by atoms with Gasteiger partial charge >= 0.3 is 0 Å². The van der Waals surface area contributed by atoms with Crippen LogP contribution >= 0.6 is 0 Å². The normalized spacial score (nSPS) is 14.1. The first kappa shape index (κ1) is 21.5. The first-order valence-electron chi connectivity index (χ1n) is 10.7. The van der Waals surface area contributed by atoms with Crippen molar-refractivity contribution in [2.45, 2.75) is 25.4 Å². The Kier molecular flexibility index (Phi) is 6.75. The van der Waals surface area contributed by atoms with Crippen molar-refractivity contribution in [2.24, 2.45) is 0 Å². The Hall–Kier alpha value is -3.74. The highest BCUT2D eigenvalue weighted by atomic mass is 16.5. The number of amides is 2. The summed E-state index contributed by atoms with van der Waals surface area (Å²) < 4.78 is 10.4. The highest BCUT2D eigenvalue weighted by Crippen LogP contribution is 2.25. The predicted molar refractivity (Wildman–Crippen MR) is 122 cm³/mol. The molecule has 2 heterocycles. The molecule has 2 aromatic carbocycles. The molecule has 7 nitrogen and oxygen atoms in total. The van der Waals surface area contributed by atoms with Gasteiger partial charge in [0, 0.05) is 30.4 Å². The molecule has 32 heavy (non-hydrogen) atoms. The number of anilines is 1. The number of para-hydroxylation sites is 1. The van der Waals surface area contributed by atoms with Crippen LogP contribution < -0.4 is 20.3 Å². The molecule has 1 aliphatic rings. The molecule has 1 aliphatic heterocycles. The molecule has 7 heteroatoms. The van der Waals surface area contributed by atoms with Gasteiger partial charge in [0.25, 0.3) is 11.8 Å². The van der Waals surface area contributed by atoms with Gasteiger partial charge in [-0.1, -0.05) is 12.1 Å². The number of benzene rings is 2. The van der Waals surface area contributed by atoms with Crippen LogP contribution in [-0.4, -0.2) is 38.1 Å². The number of carbonyl (C=O) groups excluding carboxylic acids is 2. The average molecular weight is 434 g/mol. The van der Waals surface area contributed by atoms with Crippen molar-refractivity contribution in [3.63, 3.8) is 0 Å². The molecule has 1 saturated heterocycles. The number of nitrogens with one attached hydrogen (secondary N) is 2. The van der Waals surface area contributed by atoms with Gasteiger partial charge in [-0.3, -0.25) is 9.59 Å². The van der Waals surface area contributed by atoms with Crippen LogP contribution in [-0.2, 0) is 6.54 Å². The number of methoxy groups -OCH3 is 1. The molecular weight excluding hydrogens is 406 g/mol. The summed E-state index contributed by atoms with van der Waals surface area (Å²) >= 11 is 0. The van der Waals surface area contributed by atoms with E-state index in [4.69, 9.17) is 9.15 Å². The second-order valence-electron chi connectivity index (χ2n) is 7.74. The largest absolute Gasteiger partial charge is 0.497 e. The highest BCUT2D eigenvalue weighted by Gasteiger charge is 2.24. The van der Waals surface area contributed by atoms with Crippen LogP contribution in [0.2, 0.25) is 0 Å². The van der Waals surface area contributed by atoms with Crippen LogP contribution in [0.3, 0.4) is 0 Å². The second kappa shape index (κ2) is 10.0. The highest BCUT2D eigenvalue weighted by molar-refractivity contribution is 5.99. The molecule has 1 aromatic heterocycles. The molecular formula is C25H27N3O4. The van der Waals surface area contributed by atoms with Gasteiger partial charge in [0.1, 0.15) is 11.5 Å². The number of hydrogen-bond donors (Lipinski definition) is 2. The number of piperidine rings is 1. The third-order valence-corrected chi connectivity index (χ3v) is 5.68. The van der Waals surface area contributed by atoms with Crippen LogP contribution in [0, 0.1) is 0 Å². The molecule has 0 aliphatic carbocycles. The Morgan fingerprint density at radius 1 is 1.00 bits per heavy atom. The lowest BCUT2D eigenvalue weighted by atomic mass is 10.0. The van der Waals surface area contributed by atoms with Crippen molar-refractivity contribution in [2.75, 3.05) is 25.1 Å². The molecule has 0 unspecified atom stereocenters. The Bertz CT molecular complexity index is 1040. The quantitative estimate of drug-likeness (QED) is 0.595. The first-order valence-corrected chi connectivity index (χ1v) is 10.7. The van der Waals surface area contributed by atoms with Crippen molar-refractivity contribution in [3.8, 4) is 5.75 Å². The standard InChI is InChI=1S/C25H27N3O4/c1-31-20-10-8-18(9-11-20)24(29)27-19-12-14-28(15-13-19)23-7-3-2-6-22(23)25(30)26-17-21-5-4-16-32-21/h2-11,16,19H,12-15,17H2,1H3,(H,26,30)(H,27,29). The lowest BCUT2D eigenvalue weighted by molar-refractivity contribution is 0.0929. The summed E-state index contributed by atoms with van der Waals surface area (Å²) in [6.07, 6.45) is 3.21. The fraction of sp³-hybridized carbons (Fsp3) is 0.280. The van der Waals surface area contributed by atoms with E-state index in [9.17, 15) is 9.59 Å². The molecule has 0 radical (unpaired) electrons. The zero-order valence-electron chi connectivity index (χ0n) is 18.0. The Morgan fingerprint density at radius 3 is 2.44 bits per heavy atom. The molecule has 0 bridgehead atoms. The fourth-order valence-electron chi connectivity index (χ4n) is 3.89. The number of nitrogens with zero attached hydrogens (tertiary/aromatic N) is 1. The maximum absolute atomic E-state index is 12.8. The van der Waals surface area contributed by atoms with Crippen LogP contribution in [0.5, 0.6) is 5.75 Å². The van der Waals surface area contributed by atoms with Crippen LogP contribution in [0.1, 0.15) is 39.3 Å². The Morgan fingerprint density at radius 2 is 1.75 bits per heavy atom. The summed E-state index contributed by atoms with van der Waals surface area (Å²) in [5.41, 5.74) is 2.16. The third kappa shape index (κ3) is 5.11. The molecule has 0 spiro atoms. The number of hydrogen-bond acceptors (Lipinski definition) is 5. The summed E-state index contributed by atoms with van der Waals surface area (Å²) in [7, 11) is 1.60. The van der Waals surface area contributed by atoms with Gasteiger partial charge in [0.2, 0.25) is 0 Å². The number of rotatable bonds is 7. The summed E-state index contributed by atoms with van der Waals surface area (Å²) in [4.78, 5) is 27.5. The topological polar surface area (TPSA) is 83.8 Å². The van der Waals surface area contributed by atoms with E-state index in [0.717, 1.165) is 37.4 Å². The molecule has 0 saturated carbocycles. The minimum Gasteiger partial charge on any atom is -0.497 e. The fourth-order valence-corrected chi connectivity index (χ4v) is 3.89. The van der Waals surface area contributed by atoms with Crippen LogP contribution in [0.15, 0.2) is 71.3 Å².